The number of aromatic nitrogens is 10. The van der Waals surface area contributed by atoms with Crippen molar-refractivity contribution in [1.82, 2.24) is 53.5 Å². The Morgan fingerprint density at radius 1 is 0.701 bits per heavy atom. The molecular weight excluding hydrogens is 867 g/mol. The minimum absolute atomic E-state index is 0.210. The zero-order valence-electron chi connectivity index (χ0n) is 39.1. The largest absolute Gasteiger partial charge is 0.384 e. The average Bonchev–Trinajstić information content (AvgIpc) is 3.75. The second kappa shape index (κ2) is 19.0. The predicted octanol–water partition coefficient (Wildman–Crippen LogP) is 6.56. The summed E-state index contributed by atoms with van der Waals surface area (Å²) in [4.78, 5) is 58.0. The summed E-state index contributed by atoms with van der Waals surface area (Å²) in [6.07, 6.45) is 13.4. The summed E-state index contributed by atoms with van der Waals surface area (Å²) in [5.41, 5.74) is 1.83. The van der Waals surface area contributed by atoms with Crippen LogP contribution in [0.2, 0.25) is 0 Å². The molecule has 2 saturated heterocycles. The number of allylic oxidation sites excluding steroid dienone is 2. The molecule has 17 nitrogen and oxygen atoms in total. The van der Waals surface area contributed by atoms with Crippen LogP contribution >= 0.6 is 11.8 Å². The molecule has 8 heterocycles. The zero-order chi connectivity index (χ0) is 47.7. The molecule has 0 bridgehead atoms. The minimum Gasteiger partial charge on any atom is -0.384 e. The van der Waals surface area contributed by atoms with Crippen molar-refractivity contribution >= 4 is 51.2 Å². The summed E-state index contributed by atoms with van der Waals surface area (Å²) in [6.45, 7) is 19.4. The third-order valence-corrected chi connectivity index (χ3v) is 13.2. The van der Waals surface area contributed by atoms with E-state index in [2.05, 4.69) is 72.4 Å². The van der Waals surface area contributed by atoms with Gasteiger partial charge in [0.1, 0.15) is 22.0 Å². The maximum atomic E-state index is 13.3. The highest BCUT2D eigenvalue weighted by molar-refractivity contribution is 7.98. The number of hydrogen-bond donors (Lipinski definition) is 3. The van der Waals surface area contributed by atoms with Gasteiger partial charge < -0.3 is 25.3 Å². The number of fused-ring (bicyclic) bond motifs is 2. The molecule has 2 aliphatic rings. The number of aliphatic hydroxyl groups is 2. The second-order valence-electron chi connectivity index (χ2n) is 18.3. The summed E-state index contributed by atoms with van der Waals surface area (Å²) in [7, 11) is 2.23. The van der Waals surface area contributed by atoms with Gasteiger partial charge in [0.25, 0.3) is 11.1 Å². The molecule has 0 amide bonds. The van der Waals surface area contributed by atoms with Gasteiger partial charge in [0, 0.05) is 36.9 Å². The van der Waals surface area contributed by atoms with E-state index in [9.17, 15) is 19.8 Å². The molecule has 3 N–H and O–H groups in total. The van der Waals surface area contributed by atoms with Gasteiger partial charge in [0.05, 0.1) is 24.5 Å². The standard InChI is InChI=1S/C32H40N8O2.C17H19N5O2S/c1-5-17-39-29(41)25-22-33-30(36-28(25)40(39)27-8-6-7-26(35-27)31(2,3)42)34-23-9-11-24(12-10-23)38-20-15-32(16-21-38)13-18-37(4)19-14-32;1-5-9-21-15(23)11-10-18-16(25-4)20-14(11)22(21)13-8-6-7-12(19-13)17(2,3)24/h5-12,22,42H,1,13-21H2,2-4H3,(H,33,34,36);5-8,10,24H,1,9H2,2-4H3. The zero-order valence-corrected chi connectivity index (χ0v) is 39.9. The maximum Gasteiger partial charge on any atom is 0.278 e. The van der Waals surface area contributed by atoms with Gasteiger partial charge in [0.15, 0.2) is 28.1 Å². The van der Waals surface area contributed by atoms with Crippen molar-refractivity contribution in [1.29, 1.82) is 0 Å². The number of hydrogen-bond acceptors (Lipinski definition) is 14. The highest BCUT2D eigenvalue weighted by Gasteiger charge is 2.37. The fourth-order valence-electron chi connectivity index (χ4n) is 8.72. The SMILES string of the molecule is C=CCn1c(=O)c2cnc(Nc3ccc(N4CCC5(CCN(C)CC5)CC4)cc3)nc2n1-c1cccc(C(C)(C)O)n1.C=CCn1c(=O)c2cnc(SC)nc2n1-c1cccc(C(C)(C)O)n1. The topological polar surface area (TPSA) is 190 Å². The van der Waals surface area contributed by atoms with Crippen molar-refractivity contribution in [3.63, 3.8) is 0 Å². The van der Waals surface area contributed by atoms with Crippen molar-refractivity contribution < 1.29 is 10.2 Å². The number of nitrogens with one attached hydrogen (secondary N) is 1. The van der Waals surface area contributed by atoms with Gasteiger partial charge in [-0.15, -0.1) is 13.2 Å². The van der Waals surface area contributed by atoms with E-state index in [1.807, 2.05) is 24.5 Å². The molecule has 0 aliphatic carbocycles. The summed E-state index contributed by atoms with van der Waals surface area (Å²) in [5, 5.41) is 25.4. The van der Waals surface area contributed by atoms with Crippen LogP contribution in [0.15, 0.2) is 113 Å². The monoisotopic (exact) mass is 925 g/mol. The molecule has 350 valence electrons. The fourth-order valence-corrected chi connectivity index (χ4v) is 9.06. The normalized spacial score (nSPS) is 15.4. The van der Waals surface area contributed by atoms with E-state index >= 15 is 0 Å². The average molecular weight is 926 g/mol. The minimum atomic E-state index is -1.14. The molecule has 1 spiro atoms. The van der Waals surface area contributed by atoms with Crippen molar-refractivity contribution in [2.75, 3.05) is 49.7 Å². The molecule has 6 aromatic heterocycles. The summed E-state index contributed by atoms with van der Waals surface area (Å²) in [5.74, 6) is 1.35. The van der Waals surface area contributed by atoms with Crippen LogP contribution in [0.1, 0.15) is 64.8 Å². The molecule has 0 radical (unpaired) electrons. The third-order valence-electron chi connectivity index (χ3n) is 12.6. The van der Waals surface area contributed by atoms with E-state index in [0.717, 1.165) is 18.8 Å². The Morgan fingerprint density at radius 3 is 1.69 bits per heavy atom. The number of likely N-dealkylation sites (tertiary alicyclic amines) is 1. The van der Waals surface area contributed by atoms with Crippen LogP contribution in [-0.2, 0) is 24.3 Å². The Hall–Kier alpha value is -6.47. The number of thioether (sulfide) groups is 1. The van der Waals surface area contributed by atoms with Gasteiger partial charge in [-0.25, -0.2) is 43.6 Å². The van der Waals surface area contributed by atoms with Gasteiger partial charge >= 0.3 is 0 Å². The van der Waals surface area contributed by atoms with Crippen molar-refractivity contribution in [2.45, 2.75) is 82.8 Å². The van der Waals surface area contributed by atoms with E-state index < -0.39 is 11.2 Å². The molecule has 1 aromatic carbocycles. The molecule has 67 heavy (non-hydrogen) atoms. The van der Waals surface area contributed by atoms with Gasteiger partial charge in [-0.3, -0.25) is 9.59 Å². The number of rotatable bonds is 12. The Morgan fingerprint density at radius 2 is 1.19 bits per heavy atom. The lowest BCUT2D eigenvalue weighted by atomic mass is 9.71. The van der Waals surface area contributed by atoms with Crippen LogP contribution in [0.25, 0.3) is 33.7 Å². The van der Waals surface area contributed by atoms with E-state index in [-0.39, 0.29) is 17.7 Å². The number of pyridine rings is 2. The molecular formula is C49H59N13O4S. The molecule has 2 aliphatic heterocycles. The van der Waals surface area contributed by atoms with Crippen molar-refractivity contribution in [3.8, 4) is 11.6 Å². The quantitative estimate of drug-likeness (QED) is 0.0679. The highest BCUT2D eigenvalue weighted by Crippen LogP contribution is 2.42. The van der Waals surface area contributed by atoms with Crippen LogP contribution in [0.3, 0.4) is 0 Å². The molecule has 0 saturated carbocycles. The van der Waals surface area contributed by atoms with Gasteiger partial charge in [-0.2, -0.15) is 4.98 Å². The van der Waals surface area contributed by atoms with E-state index in [4.69, 9.17) is 4.98 Å². The summed E-state index contributed by atoms with van der Waals surface area (Å²) >= 11 is 1.40. The Bertz CT molecular complexity index is 3030. The molecule has 9 rings (SSSR count). The van der Waals surface area contributed by atoms with Gasteiger partial charge in [-0.1, -0.05) is 36.0 Å². The Balaban J connectivity index is 0.000000207. The highest BCUT2D eigenvalue weighted by atomic mass is 32.2. The number of benzene rings is 1. The number of anilines is 3. The lowest BCUT2D eigenvalue weighted by Gasteiger charge is -2.46. The smallest absolute Gasteiger partial charge is 0.278 e. The lowest BCUT2D eigenvalue weighted by molar-refractivity contribution is 0.0733. The lowest BCUT2D eigenvalue weighted by Crippen LogP contribution is -2.46. The van der Waals surface area contributed by atoms with Gasteiger partial charge in [-0.05, 0) is 134 Å². The van der Waals surface area contributed by atoms with Crippen LogP contribution in [0.5, 0.6) is 0 Å². The fraction of sp³-hybridized carbons (Fsp3) is 0.388. The second-order valence-corrected chi connectivity index (χ2v) is 19.1. The summed E-state index contributed by atoms with van der Waals surface area (Å²) in [6, 6.07) is 19.1. The first-order valence-corrected chi connectivity index (χ1v) is 23.7. The first-order valence-electron chi connectivity index (χ1n) is 22.5. The Kier molecular flexibility index (Phi) is 13.4. The van der Waals surface area contributed by atoms with Crippen LogP contribution in [-0.4, -0.2) is 103 Å². The van der Waals surface area contributed by atoms with E-state index in [1.54, 1.807) is 85.7 Å². The maximum absolute atomic E-state index is 13.3. The van der Waals surface area contributed by atoms with Crippen molar-refractivity contribution in [3.05, 3.63) is 130 Å². The Labute approximate surface area is 393 Å². The van der Waals surface area contributed by atoms with Crippen LogP contribution in [0, 0.1) is 5.41 Å². The molecule has 0 atom stereocenters. The first-order chi connectivity index (χ1) is 32.0. The molecule has 18 heteroatoms. The van der Waals surface area contributed by atoms with Crippen LogP contribution < -0.4 is 21.3 Å². The van der Waals surface area contributed by atoms with Gasteiger partial charge in [0.2, 0.25) is 5.95 Å². The molecule has 0 unspecified atom stereocenters. The predicted molar refractivity (Wildman–Crippen MR) is 265 cm³/mol. The van der Waals surface area contributed by atoms with E-state index in [1.165, 1.54) is 71.8 Å². The number of piperidine rings is 2. The first kappa shape index (κ1) is 47.0. The van der Waals surface area contributed by atoms with E-state index in [0.29, 0.717) is 68.2 Å². The summed E-state index contributed by atoms with van der Waals surface area (Å²) < 4.78 is 6.34. The number of nitrogens with zero attached hydrogens (tertiary/aromatic N) is 12. The third kappa shape index (κ3) is 9.84. The molecule has 7 aromatic rings. The van der Waals surface area contributed by atoms with Crippen LogP contribution in [0.4, 0.5) is 17.3 Å². The molecule has 2 fully saturated rings. The van der Waals surface area contributed by atoms with Crippen molar-refractivity contribution in [2.24, 2.45) is 5.41 Å².